The second kappa shape index (κ2) is 8.61. The molecule has 1 aliphatic rings. The zero-order valence-corrected chi connectivity index (χ0v) is 14.8. The molecule has 9 heteroatoms. The van der Waals surface area contributed by atoms with E-state index in [-0.39, 0.29) is 13.1 Å². The third kappa shape index (κ3) is 4.56. The van der Waals surface area contributed by atoms with E-state index in [9.17, 15) is 19.2 Å². The molecule has 0 aromatic carbocycles. The molecule has 1 aromatic heterocycles. The highest BCUT2D eigenvalue weighted by atomic mass is 32.1. The van der Waals surface area contributed by atoms with Crippen LogP contribution in [0.4, 0.5) is 4.79 Å². The molecule has 1 aromatic rings. The third-order valence-corrected chi connectivity index (χ3v) is 4.88. The standard InChI is InChI=1S/C16H21N4O4S/c1-2-3-4-7-19-8-9-20(15(23)14(19)22)16(24)18-12(13(17)21)11-6-5-10-25-11/h5-6,10,12,17H,2-4,7-9H2,1H3,(H,18,24). The molecule has 1 fully saturated rings. The highest BCUT2D eigenvalue weighted by molar-refractivity contribution is 7.10. The lowest BCUT2D eigenvalue weighted by Gasteiger charge is -2.33. The number of nitrogens with one attached hydrogen (secondary N) is 2. The van der Waals surface area contributed by atoms with Crippen molar-refractivity contribution in [2.75, 3.05) is 19.6 Å². The number of imide groups is 1. The average Bonchev–Trinajstić information content (AvgIpc) is 3.10. The van der Waals surface area contributed by atoms with Crippen molar-refractivity contribution in [2.45, 2.75) is 32.2 Å². The Morgan fingerprint density at radius 1 is 1.28 bits per heavy atom. The lowest BCUT2D eigenvalue weighted by Crippen LogP contribution is -2.58. The van der Waals surface area contributed by atoms with Gasteiger partial charge in [0.1, 0.15) is 6.04 Å². The Hall–Kier alpha value is -2.42. The fourth-order valence-corrected chi connectivity index (χ4v) is 3.33. The normalized spacial score (nSPS) is 16.0. The Morgan fingerprint density at radius 2 is 2.04 bits per heavy atom. The van der Waals surface area contributed by atoms with Gasteiger partial charge in [0.05, 0.1) is 0 Å². The molecule has 1 radical (unpaired) electrons. The molecule has 0 bridgehead atoms. The first-order chi connectivity index (χ1) is 12.0. The predicted molar refractivity (Wildman–Crippen MR) is 91.5 cm³/mol. The summed E-state index contributed by atoms with van der Waals surface area (Å²) in [6.45, 7) is 2.90. The lowest BCUT2D eigenvalue weighted by atomic mass is 10.2. The van der Waals surface area contributed by atoms with Crippen LogP contribution in [0.15, 0.2) is 17.5 Å². The summed E-state index contributed by atoms with van der Waals surface area (Å²) in [4.78, 5) is 50.9. The smallest absolute Gasteiger partial charge is 0.325 e. The molecule has 135 valence electrons. The molecule has 2 heterocycles. The minimum absolute atomic E-state index is 0.0753. The van der Waals surface area contributed by atoms with Crippen molar-refractivity contribution in [3.63, 3.8) is 0 Å². The van der Waals surface area contributed by atoms with Gasteiger partial charge in [0.15, 0.2) is 0 Å². The van der Waals surface area contributed by atoms with Gasteiger partial charge in [0, 0.05) is 24.5 Å². The summed E-state index contributed by atoms with van der Waals surface area (Å²) in [7, 11) is 0. The van der Waals surface area contributed by atoms with Crippen molar-refractivity contribution < 1.29 is 19.2 Å². The molecule has 8 nitrogen and oxygen atoms in total. The van der Waals surface area contributed by atoms with Crippen LogP contribution in [0.5, 0.6) is 0 Å². The number of carbonyl (C=O) groups is 4. The minimum atomic E-state index is -1.14. The first kappa shape index (κ1) is 18.9. The number of urea groups is 1. The Balaban J connectivity index is 1.99. The summed E-state index contributed by atoms with van der Waals surface area (Å²) < 4.78 is 0. The molecule has 2 N–H and O–H groups in total. The second-order valence-corrected chi connectivity index (χ2v) is 6.70. The number of unbranched alkanes of at least 4 members (excludes halogenated alkanes) is 2. The van der Waals surface area contributed by atoms with Crippen molar-refractivity contribution in [1.82, 2.24) is 20.9 Å². The molecular weight excluding hydrogens is 344 g/mol. The van der Waals surface area contributed by atoms with Crippen molar-refractivity contribution in [2.24, 2.45) is 0 Å². The number of thiophene rings is 1. The third-order valence-electron chi connectivity index (χ3n) is 3.94. The molecule has 25 heavy (non-hydrogen) atoms. The number of hydrogen-bond acceptors (Lipinski definition) is 5. The summed E-state index contributed by atoms with van der Waals surface area (Å²) in [6, 6.07) is 1.36. The Kier molecular flexibility index (Phi) is 6.51. The monoisotopic (exact) mass is 365 g/mol. The number of amides is 5. The zero-order chi connectivity index (χ0) is 18.4. The molecule has 2 rings (SSSR count). The summed E-state index contributed by atoms with van der Waals surface area (Å²) >= 11 is 1.23. The van der Waals surface area contributed by atoms with Crippen LogP contribution in [0.3, 0.4) is 0 Å². The first-order valence-electron chi connectivity index (χ1n) is 8.15. The van der Waals surface area contributed by atoms with Crippen LogP contribution in [-0.4, -0.2) is 53.2 Å². The molecular formula is C16H21N4O4S. The van der Waals surface area contributed by atoms with Crippen LogP contribution in [0, 0.1) is 0 Å². The maximum Gasteiger partial charge on any atom is 0.325 e. The van der Waals surface area contributed by atoms with Gasteiger partial charge in [-0.3, -0.25) is 25.0 Å². The van der Waals surface area contributed by atoms with Gasteiger partial charge in [0.25, 0.3) is 5.91 Å². The van der Waals surface area contributed by atoms with Gasteiger partial charge in [-0.25, -0.2) is 4.79 Å². The van der Waals surface area contributed by atoms with Crippen LogP contribution < -0.4 is 11.1 Å². The second-order valence-electron chi connectivity index (χ2n) is 5.72. The van der Waals surface area contributed by atoms with Crippen LogP contribution >= 0.6 is 11.3 Å². The zero-order valence-electron chi connectivity index (χ0n) is 14.0. The molecule has 1 atom stereocenters. The van der Waals surface area contributed by atoms with Crippen LogP contribution in [0.25, 0.3) is 0 Å². The van der Waals surface area contributed by atoms with Gasteiger partial charge in [-0.05, 0) is 17.9 Å². The van der Waals surface area contributed by atoms with Crippen LogP contribution in [-0.2, 0) is 14.4 Å². The summed E-state index contributed by atoms with van der Waals surface area (Å²) in [5.41, 5.74) is 7.31. The van der Waals surface area contributed by atoms with Crippen LogP contribution in [0.1, 0.15) is 37.1 Å². The fraction of sp³-hybridized carbons (Fsp3) is 0.500. The van der Waals surface area contributed by atoms with Gasteiger partial charge in [-0.2, -0.15) is 0 Å². The SMILES string of the molecule is CCCCCN1CCN(C(=O)NC(C([NH])=O)c2cccs2)C(=O)C1=O. The minimum Gasteiger partial charge on any atom is -0.333 e. The van der Waals surface area contributed by atoms with E-state index in [1.165, 1.54) is 16.2 Å². The average molecular weight is 365 g/mol. The van der Waals surface area contributed by atoms with Crippen molar-refractivity contribution in [3.05, 3.63) is 22.4 Å². The van der Waals surface area contributed by atoms with Gasteiger partial charge in [-0.15, -0.1) is 11.3 Å². The van der Waals surface area contributed by atoms with Crippen molar-refractivity contribution in [1.29, 1.82) is 0 Å². The number of rotatable bonds is 7. The van der Waals surface area contributed by atoms with Crippen molar-refractivity contribution in [3.8, 4) is 0 Å². The van der Waals surface area contributed by atoms with Gasteiger partial charge in [0.2, 0.25) is 0 Å². The molecule has 1 saturated heterocycles. The van der Waals surface area contributed by atoms with E-state index in [1.807, 2.05) is 6.92 Å². The number of nitrogens with zero attached hydrogens (tertiary/aromatic N) is 2. The van der Waals surface area contributed by atoms with E-state index >= 15 is 0 Å². The highest BCUT2D eigenvalue weighted by Gasteiger charge is 2.37. The Bertz CT molecular complexity index is 647. The molecule has 0 saturated carbocycles. The fourth-order valence-electron chi connectivity index (χ4n) is 2.56. The van der Waals surface area contributed by atoms with E-state index in [1.54, 1.807) is 17.5 Å². The van der Waals surface area contributed by atoms with E-state index < -0.39 is 29.8 Å². The molecule has 0 spiro atoms. The van der Waals surface area contributed by atoms with E-state index in [0.717, 1.165) is 24.2 Å². The molecule has 1 unspecified atom stereocenters. The van der Waals surface area contributed by atoms with Crippen molar-refractivity contribution >= 4 is 35.1 Å². The largest absolute Gasteiger partial charge is 0.333 e. The van der Waals surface area contributed by atoms with Crippen LogP contribution in [0.2, 0.25) is 0 Å². The van der Waals surface area contributed by atoms with E-state index in [2.05, 4.69) is 5.32 Å². The lowest BCUT2D eigenvalue weighted by molar-refractivity contribution is -0.153. The molecule has 1 aliphatic heterocycles. The highest BCUT2D eigenvalue weighted by Crippen LogP contribution is 2.19. The quantitative estimate of drug-likeness (QED) is 0.577. The molecule has 5 amide bonds. The maximum absolute atomic E-state index is 12.3. The van der Waals surface area contributed by atoms with E-state index in [0.29, 0.717) is 11.4 Å². The maximum atomic E-state index is 12.3. The first-order valence-corrected chi connectivity index (χ1v) is 9.03. The summed E-state index contributed by atoms with van der Waals surface area (Å²) in [6.07, 6.45) is 2.79. The Labute approximate surface area is 150 Å². The number of piperazine rings is 1. The van der Waals surface area contributed by atoms with Gasteiger partial charge in [-0.1, -0.05) is 25.8 Å². The number of hydrogen-bond donors (Lipinski definition) is 1. The van der Waals surface area contributed by atoms with Gasteiger partial charge >= 0.3 is 17.8 Å². The topological polar surface area (TPSA) is 111 Å². The van der Waals surface area contributed by atoms with Gasteiger partial charge < -0.3 is 10.2 Å². The predicted octanol–water partition coefficient (Wildman–Crippen LogP) is 1.17. The molecule has 0 aliphatic carbocycles. The number of carbonyl (C=O) groups excluding carboxylic acids is 4. The summed E-state index contributed by atoms with van der Waals surface area (Å²) in [5.74, 6) is -2.59. The Morgan fingerprint density at radius 3 is 2.64 bits per heavy atom. The summed E-state index contributed by atoms with van der Waals surface area (Å²) in [5, 5.41) is 4.10. The van der Waals surface area contributed by atoms with E-state index in [4.69, 9.17) is 5.73 Å².